The summed E-state index contributed by atoms with van der Waals surface area (Å²) in [7, 11) is 4.32. The normalized spacial score (nSPS) is 9.83. The van der Waals surface area contributed by atoms with Crippen LogP contribution in [0.15, 0.2) is 0 Å². The maximum absolute atomic E-state index is 12.0. The summed E-state index contributed by atoms with van der Waals surface area (Å²) in [6.07, 6.45) is 0. The molecule has 0 aliphatic rings. The van der Waals surface area contributed by atoms with Crippen LogP contribution < -0.4 is 20.1 Å². The molecular formula is C12H14N4O8. The highest BCUT2D eigenvalue weighted by Gasteiger charge is 2.43. The summed E-state index contributed by atoms with van der Waals surface area (Å²) in [6.45, 7) is 0. The van der Waals surface area contributed by atoms with Crippen LogP contribution in [0.3, 0.4) is 0 Å². The number of rotatable bonds is 6. The quantitative estimate of drug-likeness (QED) is 0.548. The van der Waals surface area contributed by atoms with Gasteiger partial charge in [0.2, 0.25) is 11.5 Å². The molecule has 0 aliphatic carbocycles. The zero-order chi connectivity index (χ0) is 18.6. The second-order valence-corrected chi connectivity index (χ2v) is 4.19. The fourth-order valence-electron chi connectivity index (χ4n) is 2.10. The number of hydrogen-bond donors (Lipinski definition) is 2. The van der Waals surface area contributed by atoms with E-state index in [2.05, 4.69) is 10.6 Å². The van der Waals surface area contributed by atoms with Crippen molar-refractivity contribution in [1.29, 1.82) is 0 Å². The van der Waals surface area contributed by atoms with Crippen molar-refractivity contribution in [1.82, 2.24) is 10.6 Å². The summed E-state index contributed by atoms with van der Waals surface area (Å²) in [5.41, 5.74) is -3.28. The Morgan fingerprint density at radius 3 is 1.29 bits per heavy atom. The van der Waals surface area contributed by atoms with E-state index in [0.717, 1.165) is 14.2 Å². The molecule has 24 heavy (non-hydrogen) atoms. The molecule has 2 amide bonds. The lowest BCUT2D eigenvalue weighted by Crippen LogP contribution is -2.25. The van der Waals surface area contributed by atoms with Crippen molar-refractivity contribution in [3.63, 3.8) is 0 Å². The number of carbonyl (C=O) groups excluding carboxylic acids is 2. The first-order chi connectivity index (χ1) is 11.3. The van der Waals surface area contributed by atoms with Crippen molar-refractivity contribution < 1.29 is 28.9 Å². The van der Waals surface area contributed by atoms with E-state index < -0.39 is 55.7 Å². The lowest BCUT2D eigenvalue weighted by Gasteiger charge is -2.15. The lowest BCUT2D eigenvalue weighted by molar-refractivity contribution is -0.390. The molecule has 12 heteroatoms. The SMILES string of the molecule is CNC(=O)c1c(OC)c([N+](=O)[O-])c(C(=O)NC)c(OC)c1[N+](=O)[O-]. The van der Waals surface area contributed by atoms with Gasteiger partial charge in [0.05, 0.1) is 24.1 Å². The van der Waals surface area contributed by atoms with Crippen molar-refractivity contribution >= 4 is 23.2 Å². The fraction of sp³-hybridized carbons (Fsp3) is 0.333. The molecule has 0 atom stereocenters. The van der Waals surface area contributed by atoms with Gasteiger partial charge in [-0.3, -0.25) is 29.8 Å². The average Bonchev–Trinajstić information content (AvgIpc) is 2.56. The molecule has 0 saturated carbocycles. The van der Waals surface area contributed by atoms with Crippen LogP contribution in [-0.4, -0.2) is 50.0 Å². The standard InChI is InChI=1S/C12H14N4O8/c1-13-11(17)5-7(15(19)20)10(24-4)6(12(18)14-2)8(16(21)22)9(5)23-3/h1-4H3,(H,13,17)(H,14,18). The number of nitro groups is 2. The van der Waals surface area contributed by atoms with Gasteiger partial charge in [0.15, 0.2) is 11.1 Å². The molecule has 0 bridgehead atoms. The maximum Gasteiger partial charge on any atom is 0.328 e. The smallest absolute Gasteiger partial charge is 0.328 e. The predicted molar refractivity (Wildman–Crippen MR) is 79.6 cm³/mol. The highest BCUT2D eigenvalue weighted by molar-refractivity contribution is 6.10. The Balaban J connectivity index is 4.24. The second-order valence-electron chi connectivity index (χ2n) is 4.19. The largest absolute Gasteiger partial charge is 0.489 e. The van der Waals surface area contributed by atoms with Gasteiger partial charge < -0.3 is 20.1 Å². The number of methoxy groups -OCH3 is 2. The Hall–Kier alpha value is -3.44. The van der Waals surface area contributed by atoms with Crippen molar-refractivity contribution in [2.45, 2.75) is 0 Å². The van der Waals surface area contributed by atoms with Crippen molar-refractivity contribution in [3.05, 3.63) is 31.4 Å². The number of carbonyl (C=O) groups is 2. The third kappa shape index (κ3) is 2.88. The van der Waals surface area contributed by atoms with Crippen LogP contribution in [0, 0.1) is 20.2 Å². The van der Waals surface area contributed by atoms with Crippen LogP contribution in [0.2, 0.25) is 0 Å². The summed E-state index contributed by atoms with van der Waals surface area (Å²) in [5.74, 6) is -3.46. The monoisotopic (exact) mass is 342 g/mol. The first-order valence-corrected chi connectivity index (χ1v) is 6.31. The number of ether oxygens (including phenoxy) is 2. The number of nitrogens with one attached hydrogen (secondary N) is 2. The van der Waals surface area contributed by atoms with Crippen molar-refractivity contribution in [2.75, 3.05) is 28.3 Å². The van der Waals surface area contributed by atoms with Gasteiger partial charge >= 0.3 is 11.4 Å². The molecule has 0 radical (unpaired) electrons. The number of nitro benzene ring substituents is 2. The minimum Gasteiger partial charge on any atom is -0.489 e. The third-order valence-electron chi connectivity index (χ3n) is 3.04. The van der Waals surface area contributed by atoms with Crippen LogP contribution in [0.25, 0.3) is 0 Å². The Labute approximate surface area is 135 Å². The summed E-state index contributed by atoms with van der Waals surface area (Å²) in [4.78, 5) is 45.0. The zero-order valence-corrected chi connectivity index (χ0v) is 13.2. The predicted octanol–water partition coefficient (Wildman–Crippen LogP) is 0.239. The lowest BCUT2D eigenvalue weighted by atomic mass is 10.0. The Bertz CT molecular complexity index is 669. The van der Waals surface area contributed by atoms with Crippen LogP contribution in [0.5, 0.6) is 11.5 Å². The molecule has 0 unspecified atom stereocenters. The van der Waals surface area contributed by atoms with Gasteiger partial charge in [-0.1, -0.05) is 0 Å². The van der Waals surface area contributed by atoms with Gasteiger partial charge in [0, 0.05) is 14.1 Å². The number of amides is 2. The van der Waals surface area contributed by atoms with E-state index in [0.29, 0.717) is 0 Å². The Morgan fingerprint density at radius 1 is 0.833 bits per heavy atom. The molecule has 1 aromatic rings. The average molecular weight is 342 g/mol. The molecule has 12 nitrogen and oxygen atoms in total. The number of nitrogens with zero attached hydrogens (tertiary/aromatic N) is 2. The summed E-state index contributed by atoms with van der Waals surface area (Å²) >= 11 is 0. The van der Waals surface area contributed by atoms with Gasteiger partial charge in [-0.05, 0) is 0 Å². The van der Waals surface area contributed by atoms with Gasteiger partial charge in [-0.15, -0.1) is 0 Å². The number of hydrogen-bond acceptors (Lipinski definition) is 8. The zero-order valence-electron chi connectivity index (χ0n) is 13.2. The van der Waals surface area contributed by atoms with E-state index in [4.69, 9.17) is 9.47 Å². The van der Waals surface area contributed by atoms with Crippen molar-refractivity contribution in [2.24, 2.45) is 0 Å². The Morgan fingerprint density at radius 2 is 1.12 bits per heavy atom. The molecule has 1 aromatic carbocycles. The molecule has 0 heterocycles. The van der Waals surface area contributed by atoms with Gasteiger partial charge in [0.25, 0.3) is 11.8 Å². The van der Waals surface area contributed by atoms with E-state index in [-0.39, 0.29) is 0 Å². The molecule has 2 N–H and O–H groups in total. The molecule has 0 aromatic heterocycles. The molecular weight excluding hydrogens is 328 g/mol. The Kier molecular flexibility index (Phi) is 5.59. The molecule has 0 fully saturated rings. The van der Waals surface area contributed by atoms with E-state index >= 15 is 0 Å². The molecule has 1 rings (SSSR count). The highest BCUT2D eigenvalue weighted by Crippen LogP contribution is 2.47. The minimum atomic E-state index is -1.01. The van der Waals surface area contributed by atoms with E-state index in [9.17, 15) is 29.8 Å². The fourth-order valence-corrected chi connectivity index (χ4v) is 2.10. The van der Waals surface area contributed by atoms with Crippen LogP contribution in [-0.2, 0) is 0 Å². The van der Waals surface area contributed by atoms with E-state index in [1.165, 1.54) is 14.1 Å². The molecule has 0 spiro atoms. The molecule has 0 saturated heterocycles. The summed E-state index contributed by atoms with van der Waals surface area (Å²) in [5, 5.41) is 27.1. The first-order valence-electron chi connectivity index (χ1n) is 6.31. The van der Waals surface area contributed by atoms with Gasteiger partial charge in [0.1, 0.15) is 0 Å². The van der Waals surface area contributed by atoms with E-state index in [1.807, 2.05) is 0 Å². The summed E-state index contributed by atoms with van der Waals surface area (Å²) in [6, 6.07) is 0. The van der Waals surface area contributed by atoms with Crippen molar-refractivity contribution in [3.8, 4) is 11.5 Å². The molecule has 0 aliphatic heterocycles. The molecule has 130 valence electrons. The maximum atomic E-state index is 12.0. The van der Waals surface area contributed by atoms with Crippen LogP contribution in [0.4, 0.5) is 11.4 Å². The van der Waals surface area contributed by atoms with E-state index in [1.54, 1.807) is 0 Å². The number of benzene rings is 1. The first kappa shape index (κ1) is 18.6. The third-order valence-corrected chi connectivity index (χ3v) is 3.04. The van der Waals surface area contributed by atoms with Gasteiger partial charge in [-0.25, -0.2) is 0 Å². The minimum absolute atomic E-state index is 0.717. The van der Waals surface area contributed by atoms with Crippen LogP contribution >= 0.6 is 0 Å². The van der Waals surface area contributed by atoms with Gasteiger partial charge in [-0.2, -0.15) is 0 Å². The van der Waals surface area contributed by atoms with Crippen LogP contribution in [0.1, 0.15) is 20.7 Å². The summed E-state index contributed by atoms with van der Waals surface area (Å²) < 4.78 is 9.69. The topological polar surface area (TPSA) is 163 Å². The highest BCUT2D eigenvalue weighted by atomic mass is 16.6. The second kappa shape index (κ2) is 7.21.